The zero-order valence-electron chi connectivity index (χ0n) is 13.7. The zero-order chi connectivity index (χ0) is 17.4. The normalized spacial score (nSPS) is 11.8. The molecule has 0 saturated carbocycles. The molecule has 5 nitrogen and oxygen atoms in total. The van der Waals surface area contributed by atoms with E-state index in [2.05, 4.69) is 5.32 Å². The average molecular weight is 347 g/mol. The van der Waals surface area contributed by atoms with Crippen LogP contribution in [0.25, 0.3) is 0 Å². The molecule has 6 heteroatoms. The van der Waals surface area contributed by atoms with Gasteiger partial charge in [0.25, 0.3) is 5.91 Å². The molecule has 1 unspecified atom stereocenters. The number of amides is 1. The van der Waals surface area contributed by atoms with Gasteiger partial charge in [0.15, 0.2) is 0 Å². The molecule has 0 aliphatic rings. The number of nitrogens with one attached hydrogen (secondary N) is 1. The molecule has 0 radical (unpaired) electrons. The van der Waals surface area contributed by atoms with Gasteiger partial charge in [0, 0.05) is 0 Å². The van der Waals surface area contributed by atoms with E-state index in [4.69, 9.17) is 9.47 Å². The SMILES string of the molecule is CC(C)C(NC(=O)c1cccs1)C(=O)OCCOc1ccccc1. The fourth-order valence-corrected chi connectivity index (χ4v) is 2.65. The van der Waals surface area contributed by atoms with E-state index in [1.807, 2.05) is 49.6 Å². The highest BCUT2D eigenvalue weighted by molar-refractivity contribution is 7.12. The van der Waals surface area contributed by atoms with Crippen molar-refractivity contribution in [3.63, 3.8) is 0 Å². The van der Waals surface area contributed by atoms with Gasteiger partial charge in [-0.15, -0.1) is 11.3 Å². The summed E-state index contributed by atoms with van der Waals surface area (Å²) in [5.74, 6) is -0.0656. The Balaban J connectivity index is 1.79. The number of benzene rings is 1. The van der Waals surface area contributed by atoms with Crippen LogP contribution >= 0.6 is 11.3 Å². The van der Waals surface area contributed by atoms with E-state index in [1.165, 1.54) is 11.3 Å². The van der Waals surface area contributed by atoms with Gasteiger partial charge in [0.1, 0.15) is 25.0 Å². The van der Waals surface area contributed by atoms with E-state index in [-0.39, 0.29) is 25.0 Å². The first-order chi connectivity index (χ1) is 11.6. The quantitative estimate of drug-likeness (QED) is 0.589. The van der Waals surface area contributed by atoms with Crippen molar-refractivity contribution in [2.45, 2.75) is 19.9 Å². The topological polar surface area (TPSA) is 64.6 Å². The molecule has 2 rings (SSSR count). The van der Waals surface area contributed by atoms with Crippen LogP contribution in [0, 0.1) is 5.92 Å². The van der Waals surface area contributed by atoms with E-state index in [9.17, 15) is 9.59 Å². The maximum Gasteiger partial charge on any atom is 0.329 e. The lowest BCUT2D eigenvalue weighted by Gasteiger charge is -2.20. The second kappa shape index (κ2) is 9.08. The molecule has 0 aliphatic carbocycles. The number of para-hydroxylation sites is 1. The average Bonchev–Trinajstić information content (AvgIpc) is 3.11. The molecular weight excluding hydrogens is 326 g/mol. The Kier molecular flexibility index (Phi) is 6.81. The van der Waals surface area contributed by atoms with Gasteiger partial charge in [0.2, 0.25) is 0 Å². The molecule has 1 amide bonds. The maximum absolute atomic E-state index is 12.2. The number of rotatable bonds is 8. The van der Waals surface area contributed by atoms with Crippen LogP contribution in [-0.2, 0) is 9.53 Å². The lowest BCUT2D eigenvalue weighted by molar-refractivity contribution is -0.147. The smallest absolute Gasteiger partial charge is 0.329 e. The minimum atomic E-state index is -0.684. The Morgan fingerprint density at radius 3 is 2.46 bits per heavy atom. The molecule has 0 spiro atoms. The highest BCUT2D eigenvalue weighted by Crippen LogP contribution is 2.11. The van der Waals surface area contributed by atoms with Crippen molar-refractivity contribution in [1.29, 1.82) is 0 Å². The van der Waals surface area contributed by atoms with Crippen molar-refractivity contribution in [1.82, 2.24) is 5.32 Å². The van der Waals surface area contributed by atoms with Crippen LogP contribution in [0.1, 0.15) is 23.5 Å². The molecule has 0 fully saturated rings. The molecule has 1 N–H and O–H groups in total. The van der Waals surface area contributed by atoms with Gasteiger partial charge in [-0.3, -0.25) is 4.79 Å². The van der Waals surface area contributed by atoms with Crippen molar-refractivity contribution < 1.29 is 19.1 Å². The fraction of sp³-hybridized carbons (Fsp3) is 0.333. The van der Waals surface area contributed by atoms with Gasteiger partial charge in [-0.2, -0.15) is 0 Å². The van der Waals surface area contributed by atoms with Gasteiger partial charge in [0.05, 0.1) is 4.88 Å². The summed E-state index contributed by atoms with van der Waals surface area (Å²) in [6.45, 7) is 4.12. The highest BCUT2D eigenvalue weighted by Gasteiger charge is 2.26. The first-order valence-corrected chi connectivity index (χ1v) is 8.64. The molecule has 1 heterocycles. The molecule has 0 aliphatic heterocycles. The number of ether oxygens (including phenoxy) is 2. The molecule has 2 aromatic rings. The van der Waals surface area contributed by atoms with Crippen molar-refractivity contribution in [2.24, 2.45) is 5.92 Å². The Labute approximate surface area is 145 Å². The third-order valence-corrected chi connectivity index (χ3v) is 4.16. The van der Waals surface area contributed by atoms with Crippen molar-refractivity contribution in [3.8, 4) is 5.75 Å². The van der Waals surface area contributed by atoms with Crippen LogP contribution in [0.15, 0.2) is 47.8 Å². The van der Waals surface area contributed by atoms with Crippen molar-refractivity contribution in [3.05, 3.63) is 52.7 Å². The number of hydrogen-bond donors (Lipinski definition) is 1. The first-order valence-electron chi connectivity index (χ1n) is 7.77. The van der Waals surface area contributed by atoms with Crippen LogP contribution in [0.4, 0.5) is 0 Å². The summed E-state index contributed by atoms with van der Waals surface area (Å²) in [4.78, 5) is 24.9. The minimum Gasteiger partial charge on any atom is -0.490 e. The largest absolute Gasteiger partial charge is 0.490 e. The summed E-state index contributed by atoms with van der Waals surface area (Å²) in [5, 5.41) is 4.55. The highest BCUT2D eigenvalue weighted by atomic mass is 32.1. The molecule has 1 aromatic carbocycles. The van der Waals surface area contributed by atoms with Gasteiger partial charge < -0.3 is 14.8 Å². The van der Waals surface area contributed by atoms with Crippen LogP contribution in [0.2, 0.25) is 0 Å². The van der Waals surface area contributed by atoms with E-state index in [0.29, 0.717) is 4.88 Å². The molecule has 0 saturated heterocycles. The van der Waals surface area contributed by atoms with E-state index < -0.39 is 12.0 Å². The fourth-order valence-electron chi connectivity index (χ4n) is 2.03. The number of carbonyl (C=O) groups is 2. The predicted molar refractivity (Wildman–Crippen MR) is 93.3 cm³/mol. The Hall–Kier alpha value is -2.34. The molecular formula is C18H21NO4S. The second-order valence-corrected chi connectivity index (χ2v) is 6.45. The van der Waals surface area contributed by atoms with E-state index in [1.54, 1.807) is 12.1 Å². The first kappa shape index (κ1) is 18.0. The molecule has 1 aromatic heterocycles. The van der Waals surface area contributed by atoms with E-state index >= 15 is 0 Å². The summed E-state index contributed by atoms with van der Waals surface area (Å²) in [5.41, 5.74) is 0. The summed E-state index contributed by atoms with van der Waals surface area (Å²) >= 11 is 1.33. The molecule has 24 heavy (non-hydrogen) atoms. The number of esters is 1. The molecule has 128 valence electrons. The van der Waals surface area contributed by atoms with Gasteiger partial charge >= 0.3 is 5.97 Å². The van der Waals surface area contributed by atoms with Crippen LogP contribution in [0.3, 0.4) is 0 Å². The zero-order valence-corrected chi connectivity index (χ0v) is 14.5. The standard InChI is InChI=1S/C18H21NO4S/c1-13(2)16(19-17(20)15-9-6-12-24-15)18(21)23-11-10-22-14-7-4-3-5-8-14/h3-9,12-13,16H,10-11H2,1-2H3,(H,19,20). The predicted octanol–water partition coefficient (Wildman–Crippen LogP) is 3.12. The van der Waals surface area contributed by atoms with Gasteiger partial charge in [-0.05, 0) is 29.5 Å². The Morgan fingerprint density at radius 2 is 1.83 bits per heavy atom. The van der Waals surface area contributed by atoms with Crippen molar-refractivity contribution >= 4 is 23.2 Å². The summed E-state index contributed by atoms with van der Waals surface area (Å²) in [7, 11) is 0. The second-order valence-electron chi connectivity index (χ2n) is 5.50. The Bertz CT molecular complexity index is 640. The van der Waals surface area contributed by atoms with Gasteiger partial charge in [-0.1, -0.05) is 38.1 Å². The number of thiophene rings is 1. The minimum absolute atomic E-state index is 0.0727. The third-order valence-electron chi connectivity index (χ3n) is 3.29. The Morgan fingerprint density at radius 1 is 1.08 bits per heavy atom. The number of carbonyl (C=O) groups excluding carboxylic acids is 2. The molecule has 0 bridgehead atoms. The van der Waals surface area contributed by atoms with Crippen LogP contribution < -0.4 is 10.1 Å². The lowest BCUT2D eigenvalue weighted by Crippen LogP contribution is -2.45. The van der Waals surface area contributed by atoms with E-state index in [0.717, 1.165) is 5.75 Å². The maximum atomic E-state index is 12.2. The molecule has 1 atom stereocenters. The van der Waals surface area contributed by atoms with Crippen molar-refractivity contribution in [2.75, 3.05) is 13.2 Å². The lowest BCUT2D eigenvalue weighted by atomic mass is 10.0. The summed E-state index contributed by atoms with van der Waals surface area (Å²) < 4.78 is 10.7. The summed E-state index contributed by atoms with van der Waals surface area (Å²) in [6, 6.07) is 12.1. The third kappa shape index (κ3) is 5.38. The monoisotopic (exact) mass is 347 g/mol. The van der Waals surface area contributed by atoms with Crippen LogP contribution in [-0.4, -0.2) is 31.1 Å². The number of hydrogen-bond acceptors (Lipinski definition) is 5. The van der Waals surface area contributed by atoms with Crippen LogP contribution in [0.5, 0.6) is 5.75 Å². The summed E-state index contributed by atoms with van der Waals surface area (Å²) in [6.07, 6.45) is 0. The van der Waals surface area contributed by atoms with Gasteiger partial charge in [-0.25, -0.2) is 4.79 Å².